The number of methoxy groups -OCH3 is 1. The Morgan fingerprint density at radius 2 is 1.47 bits per heavy atom. The second-order valence-corrected chi connectivity index (χ2v) is 10.5. The average Bonchev–Trinajstić information content (AvgIpc) is 3.65. The zero-order valence-corrected chi connectivity index (χ0v) is 25.1. The Morgan fingerprint density at radius 3 is 1.95 bits per heavy atom. The van der Waals surface area contributed by atoms with Gasteiger partial charge in [0.05, 0.1) is 6.61 Å². The highest BCUT2D eigenvalue weighted by molar-refractivity contribution is 5.82. The molecule has 2 aromatic heterocycles. The first kappa shape index (κ1) is 30.0. The van der Waals surface area contributed by atoms with Crippen LogP contribution in [0.25, 0.3) is 33.7 Å². The molecule has 0 fully saturated rings. The quantitative estimate of drug-likeness (QED) is 0.253. The lowest BCUT2D eigenvalue weighted by Gasteiger charge is -2.26. The summed E-state index contributed by atoms with van der Waals surface area (Å²) in [5, 5.41) is 14.6. The fraction of sp³-hybridized carbons (Fsp3) is 0.324. The molecule has 2 amide bonds. The van der Waals surface area contributed by atoms with Crippen LogP contribution in [-0.4, -0.2) is 67.7 Å². The van der Waals surface area contributed by atoms with Gasteiger partial charge in [-0.05, 0) is 44.4 Å². The van der Waals surface area contributed by atoms with Gasteiger partial charge in [0.15, 0.2) is 0 Å². The lowest BCUT2D eigenvalue weighted by molar-refractivity contribution is 0.182. The predicted molar refractivity (Wildman–Crippen MR) is 168 cm³/mol. The summed E-state index contributed by atoms with van der Waals surface area (Å²) < 4.78 is 15.8. The van der Waals surface area contributed by atoms with E-state index in [1.54, 1.807) is 12.0 Å². The van der Waals surface area contributed by atoms with Crippen molar-refractivity contribution in [1.29, 1.82) is 0 Å². The van der Waals surface area contributed by atoms with E-state index >= 15 is 0 Å². The maximum atomic E-state index is 12.1. The highest BCUT2D eigenvalue weighted by atomic mass is 16.5. The topological polar surface area (TPSA) is 106 Å². The maximum Gasteiger partial charge on any atom is 0.317 e. The Hall–Kier alpha value is -4.47. The maximum absolute atomic E-state index is 12.1. The molecule has 9 heteroatoms. The third-order valence-corrected chi connectivity index (χ3v) is 7.60. The van der Waals surface area contributed by atoms with Gasteiger partial charge in [0, 0.05) is 55.5 Å². The van der Waals surface area contributed by atoms with Crippen LogP contribution in [0.15, 0.2) is 81.9 Å². The van der Waals surface area contributed by atoms with Crippen molar-refractivity contribution in [3.8, 4) is 22.5 Å². The molecule has 0 bridgehead atoms. The van der Waals surface area contributed by atoms with Crippen LogP contribution >= 0.6 is 0 Å². The second-order valence-electron chi connectivity index (χ2n) is 10.5. The van der Waals surface area contributed by atoms with Gasteiger partial charge in [0.25, 0.3) is 0 Å². The van der Waals surface area contributed by atoms with Crippen LogP contribution in [0.4, 0.5) is 4.79 Å². The van der Waals surface area contributed by atoms with E-state index in [2.05, 4.69) is 45.2 Å². The first-order chi connectivity index (χ1) is 21.1. The summed E-state index contributed by atoms with van der Waals surface area (Å²) >= 11 is 0. The number of carbonyl (C=O) groups excluding carboxylic acids is 1. The number of nitrogens with zero attached hydrogens (tertiary/aromatic N) is 3. The molecule has 0 saturated heterocycles. The molecular formula is C34H39N5O4. The number of hydrogen-bond donors (Lipinski definition) is 2. The largest absolute Gasteiger partial charge is 0.383 e. The van der Waals surface area contributed by atoms with Crippen LogP contribution in [0.1, 0.15) is 35.5 Å². The molecule has 0 saturated carbocycles. The van der Waals surface area contributed by atoms with E-state index in [9.17, 15) is 4.79 Å². The van der Waals surface area contributed by atoms with Crippen LogP contribution in [0.3, 0.4) is 0 Å². The first-order valence-corrected chi connectivity index (χ1v) is 14.7. The van der Waals surface area contributed by atoms with Crippen molar-refractivity contribution in [2.45, 2.75) is 26.7 Å². The van der Waals surface area contributed by atoms with E-state index in [0.717, 1.165) is 65.5 Å². The minimum Gasteiger partial charge on any atom is -0.383 e. The van der Waals surface area contributed by atoms with Crippen LogP contribution in [0, 0.1) is 13.8 Å². The van der Waals surface area contributed by atoms with Crippen molar-refractivity contribution in [3.05, 3.63) is 95.5 Å². The Balaban J connectivity index is 0.000000180. The summed E-state index contributed by atoms with van der Waals surface area (Å²) in [5.41, 5.74) is 8.71. The van der Waals surface area contributed by atoms with E-state index in [-0.39, 0.29) is 6.03 Å². The van der Waals surface area contributed by atoms with Crippen molar-refractivity contribution in [2.75, 3.05) is 46.4 Å². The van der Waals surface area contributed by atoms with Gasteiger partial charge in [0.1, 0.15) is 22.9 Å². The van der Waals surface area contributed by atoms with Gasteiger partial charge in [-0.3, -0.25) is 0 Å². The van der Waals surface area contributed by atoms with E-state index in [4.69, 9.17) is 13.8 Å². The number of urea groups is 1. The fourth-order valence-corrected chi connectivity index (χ4v) is 5.39. The Morgan fingerprint density at radius 1 is 0.884 bits per heavy atom. The molecule has 0 radical (unpaired) electrons. The Labute approximate surface area is 252 Å². The van der Waals surface area contributed by atoms with Gasteiger partial charge < -0.3 is 29.3 Å². The van der Waals surface area contributed by atoms with Crippen LogP contribution in [-0.2, 0) is 4.74 Å². The number of benzene rings is 2. The van der Waals surface area contributed by atoms with Gasteiger partial charge in [-0.25, -0.2) is 4.79 Å². The smallest absolute Gasteiger partial charge is 0.317 e. The third-order valence-electron chi connectivity index (χ3n) is 7.60. The van der Waals surface area contributed by atoms with E-state index in [1.807, 2.05) is 62.4 Å². The minimum absolute atomic E-state index is 0.0577. The second kappa shape index (κ2) is 14.6. The number of hydrogen-bond acceptors (Lipinski definition) is 7. The fourth-order valence-electron chi connectivity index (χ4n) is 5.39. The number of carbonyl (C=O) groups is 1. The molecule has 2 N–H and O–H groups in total. The summed E-state index contributed by atoms with van der Waals surface area (Å²) in [6.45, 7) is 8.14. The molecule has 4 heterocycles. The highest BCUT2D eigenvalue weighted by Crippen LogP contribution is 2.34. The number of aromatic nitrogens is 2. The van der Waals surface area contributed by atoms with Crippen LogP contribution in [0.5, 0.6) is 0 Å². The molecule has 43 heavy (non-hydrogen) atoms. The standard InChI is InChI=1S/C19H23N3O3.C15H16N2O/c1-14-17(18(21-25-14)16-6-4-3-5-7-16)15-8-11-22(12-9-15)19(23)20-10-13-24-2;1-11-14(12-7-9-16-10-8-12)15(17-18-11)13-5-3-2-4-6-13/h3-8H,9-13H2,1-2H3,(H,20,23);2-7,16H,8-10H2,1H3. The molecule has 224 valence electrons. The molecule has 2 aromatic carbocycles. The first-order valence-electron chi connectivity index (χ1n) is 14.7. The summed E-state index contributed by atoms with van der Waals surface area (Å²) in [6.07, 6.45) is 6.13. The number of rotatable bonds is 7. The summed E-state index contributed by atoms with van der Waals surface area (Å²) in [5.74, 6) is 1.71. The van der Waals surface area contributed by atoms with Gasteiger partial charge in [-0.15, -0.1) is 0 Å². The normalized spacial score (nSPS) is 14.8. The minimum atomic E-state index is -0.0577. The number of ether oxygens (including phenoxy) is 1. The SMILES string of the molecule is COCCNC(=O)N1CC=C(c2c(-c3ccccc3)noc2C)CC1.Cc1onc(-c2ccccc2)c1C1=CCNCC1. The summed E-state index contributed by atoms with van der Waals surface area (Å²) in [7, 11) is 1.62. The van der Waals surface area contributed by atoms with Gasteiger partial charge in [-0.1, -0.05) is 83.1 Å². The van der Waals surface area contributed by atoms with Crippen molar-refractivity contribution in [2.24, 2.45) is 0 Å². The third kappa shape index (κ3) is 7.31. The predicted octanol–water partition coefficient (Wildman–Crippen LogP) is 6.12. The monoisotopic (exact) mass is 581 g/mol. The van der Waals surface area contributed by atoms with Gasteiger partial charge in [-0.2, -0.15) is 0 Å². The highest BCUT2D eigenvalue weighted by Gasteiger charge is 2.23. The zero-order chi connectivity index (χ0) is 30.0. The molecular weight excluding hydrogens is 542 g/mol. The summed E-state index contributed by atoms with van der Waals surface area (Å²) in [4.78, 5) is 13.9. The van der Waals surface area contributed by atoms with Gasteiger partial charge in [0.2, 0.25) is 0 Å². The van der Waals surface area contributed by atoms with Crippen molar-refractivity contribution in [3.63, 3.8) is 0 Å². The van der Waals surface area contributed by atoms with Crippen LogP contribution in [0.2, 0.25) is 0 Å². The average molecular weight is 582 g/mol. The van der Waals surface area contributed by atoms with E-state index in [0.29, 0.717) is 26.2 Å². The van der Waals surface area contributed by atoms with Gasteiger partial charge >= 0.3 is 6.03 Å². The molecule has 0 atom stereocenters. The molecule has 4 aromatic rings. The van der Waals surface area contributed by atoms with E-state index < -0.39 is 0 Å². The van der Waals surface area contributed by atoms with Crippen molar-refractivity contribution < 1.29 is 18.6 Å². The van der Waals surface area contributed by atoms with Crippen molar-refractivity contribution >= 4 is 17.2 Å². The van der Waals surface area contributed by atoms with Crippen LogP contribution < -0.4 is 10.6 Å². The molecule has 0 spiro atoms. The zero-order valence-electron chi connectivity index (χ0n) is 25.1. The number of amides is 2. The number of aryl methyl sites for hydroxylation is 2. The molecule has 0 unspecified atom stereocenters. The molecule has 2 aliphatic rings. The molecule has 6 rings (SSSR count). The summed E-state index contributed by atoms with van der Waals surface area (Å²) in [6, 6.07) is 20.2. The lowest BCUT2D eigenvalue weighted by Crippen LogP contribution is -2.43. The molecule has 2 aliphatic heterocycles. The van der Waals surface area contributed by atoms with E-state index in [1.165, 1.54) is 16.7 Å². The number of nitrogens with one attached hydrogen (secondary N) is 2. The molecule has 9 nitrogen and oxygen atoms in total. The lowest BCUT2D eigenvalue weighted by atomic mass is 9.95. The Kier molecular flexibility index (Phi) is 10.2. The van der Waals surface area contributed by atoms with Crippen molar-refractivity contribution in [1.82, 2.24) is 25.8 Å². The molecule has 0 aliphatic carbocycles. The Bertz CT molecular complexity index is 1560.